The fraction of sp³-hybridized carbons (Fsp3) is 0.455. The fourth-order valence-corrected chi connectivity index (χ4v) is 1.29. The minimum absolute atomic E-state index is 0.143. The lowest BCUT2D eigenvalue weighted by Gasteiger charge is -2.12. The van der Waals surface area contributed by atoms with E-state index in [-0.39, 0.29) is 5.56 Å². The van der Waals surface area contributed by atoms with Crippen molar-refractivity contribution in [2.45, 2.75) is 19.5 Å². The van der Waals surface area contributed by atoms with E-state index in [1.165, 1.54) is 17.6 Å². The number of anilines is 1. The summed E-state index contributed by atoms with van der Waals surface area (Å²) >= 11 is 0. The van der Waals surface area contributed by atoms with Gasteiger partial charge in [0.1, 0.15) is 6.04 Å². The number of aromatic nitrogens is 1. The molecular formula is C11H16N2O4. The largest absolute Gasteiger partial charge is 0.480 e. The van der Waals surface area contributed by atoms with Gasteiger partial charge in [0.05, 0.1) is 12.3 Å². The molecule has 17 heavy (non-hydrogen) atoms. The second-order valence-electron chi connectivity index (χ2n) is 3.65. The summed E-state index contributed by atoms with van der Waals surface area (Å²) in [5.74, 6) is -0.945. The normalized spacial score (nSPS) is 12.1. The molecular weight excluding hydrogens is 224 g/mol. The zero-order valence-corrected chi connectivity index (χ0v) is 9.84. The van der Waals surface area contributed by atoms with Gasteiger partial charge in [-0.25, -0.2) is 0 Å². The van der Waals surface area contributed by atoms with Crippen molar-refractivity contribution in [3.63, 3.8) is 0 Å². The fourth-order valence-electron chi connectivity index (χ4n) is 1.29. The molecule has 1 heterocycles. The number of pyridine rings is 1. The molecule has 0 aliphatic heterocycles. The number of ether oxygens (including phenoxy) is 1. The highest BCUT2D eigenvalue weighted by Gasteiger charge is 2.10. The van der Waals surface area contributed by atoms with Gasteiger partial charge in [-0.1, -0.05) is 0 Å². The number of carboxylic acid groups (broad SMARTS) is 1. The molecule has 1 atom stereocenters. The van der Waals surface area contributed by atoms with E-state index >= 15 is 0 Å². The first-order chi connectivity index (χ1) is 8.04. The topological polar surface area (TPSA) is 80.6 Å². The third kappa shape index (κ3) is 3.92. The lowest BCUT2D eigenvalue weighted by Crippen LogP contribution is -2.27. The predicted molar refractivity (Wildman–Crippen MR) is 63.3 cm³/mol. The number of aliphatic carboxylic acids is 1. The van der Waals surface area contributed by atoms with E-state index in [9.17, 15) is 9.59 Å². The molecule has 1 aromatic heterocycles. The highest BCUT2D eigenvalue weighted by molar-refractivity contribution is 5.76. The maximum atomic E-state index is 11.5. The summed E-state index contributed by atoms with van der Waals surface area (Å²) in [4.78, 5) is 22.1. The van der Waals surface area contributed by atoms with Crippen LogP contribution in [0.1, 0.15) is 6.92 Å². The molecule has 0 aliphatic carbocycles. The van der Waals surface area contributed by atoms with Gasteiger partial charge in [0.25, 0.3) is 5.56 Å². The standard InChI is InChI=1S/C11H16N2O4/c1-8(11(15)16)12-9-3-4-10(14)13(7-9)5-6-17-2/h3-4,7-8,12H,5-6H2,1-2H3,(H,15,16). The van der Waals surface area contributed by atoms with Crippen LogP contribution in [0.15, 0.2) is 23.1 Å². The Bertz CT molecular complexity index is 441. The molecule has 2 N–H and O–H groups in total. The lowest BCUT2D eigenvalue weighted by atomic mass is 10.3. The van der Waals surface area contributed by atoms with Gasteiger partial charge in [-0.2, -0.15) is 0 Å². The first kappa shape index (κ1) is 13.2. The molecule has 0 amide bonds. The Morgan fingerprint density at radius 2 is 2.29 bits per heavy atom. The number of nitrogens with one attached hydrogen (secondary N) is 1. The van der Waals surface area contributed by atoms with Crippen molar-refractivity contribution in [1.29, 1.82) is 0 Å². The SMILES string of the molecule is COCCn1cc(NC(C)C(=O)O)ccc1=O. The summed E-state index contributed by atoms with van der Waals surface area (Å²) in [6.45, 7) is 2.40. The Morgan fingerprint density at radius 1 is 1.59 bits per heavy atom. The van der Waals surface area contributed by atoms with Gasteiger partial charge < -0.3 is 19.7 Å². The van der Waals surface area contributed by atoms with E-state index in [1.807, 2.05) is 0 Å². The van der Waals surface area contributed by atoms with Crippen molar-refractivity contribution in [1.82, 2.24) is 4.57 Å². The van der Waals surface area contributed by atoms with E-state index < -0.39 is 12.0 Å². The molecule has 0 aliphatic rings. The average molecular weight is 240 g/mol. The van der Waals surface area contributed by atoms with Crippen LogP contribution < -0.4 is 10.9 Å². The lowest BCUT2D eigenvalue weighted by molar-refractivity contribution is -0.137. The van der Waals surface area contributed by atoms with E-state index in [2.05, 4.69) is 5.32 Å². The zero-order chi connectivity index (χ0) is 12.8. The minimum atomic E-state index is -0.945. The third-order valence-electron chi connectivity index (χ3n) is 2.27. The van der Waals surface area contributed by atoms with Gasteiger partial charge in [0.2, 0.25) is 0 Å². The van der Waals surface area contributed by atoms with Crippen LogP contribution in [0.4, 0.5) is 5.69 Å². The average Bonchev–Trinajstić information content (AvgIpc) is 2.29. The van der Waals surface area contributed by atoms with E-state index in [1.54, 1.807) is 19.4 Å². The second-order valence-corrected chi connectivity index (χ2v) is 3.65. The molecule has 1 unspecified atom stereocenters. The Hall–Kier alpha value is -1.82. The van der Waals surface area contributed by atoms with E-state index in [0.717, 1.165) is 0 Å². The summed E-state index contributed by atoms with van der Waals surface area (Å²) in [5, 5.41) is 11.5. The van der Waals surface area contributed by atoms with Crippen LogP contribution in [0.25, 0.3) is 0 Å². The molecule has 0 radical (unpaired) electrons. The van der Waals surface area contributed by atoms with Crippen molar-refractivity contribution in [2.75, 3.05) is 19.0 Å². The first-order valence-electron chi connectivity index (χ1n) is 5.23. The monoisotopic (exact) mass is 240 g/mol. The van der Waals surface area contributed by atoms with Gasteiger partial charge in [-0.3, -0.25) is 9.59 Å². The van der Waals surface area contributed by atoms with Crippen molar-refractivity contribution < 1.29 is 14.6 Å². The van der Waals surface area contributed by atoms with Crippen LogP contribution in [-0.4, -0.2) is 35.4 Å². The molecule has 6 heteroatoms. The summed E-state index contributed by atoms with van der Waals surface area (Å²) in [6, 6.07) is 2.25. The quantitative estimate of drug-likeness (QED) is 0.751. The second kappa shape index (κ2) is 6.05. The molecule has 0 bridgehead atoms. The van der Waals surface area contributed by atoms with Gasteiger partial charge in [-0.15, -0.1) is 0 Å². The molecule has 1 aromatic rings. The first-order valence-corrected chi connectivity index (χ1v) is 5.23. The molecule has 0 saturated carbocycles. The maximum Gasteiger partial charge on any atom is 0.325 e. The Morgan fingerprint density at radius 3 is 2.88 bits per heavy atom. The minimum Gasteiger partial charge on any atom is -0.480 e. The van der Waals surface area contributed by atoms with Gasteiger partial charge in [0.15, 0.2) is 0 Å². The van der Waals surface area contributed by atoms with Gasteiger partial charge >= 0.3 is 5.97 Å². The summed E-state index contributed by atoms with van der Waals surface area (Å²) in [6.07, 6.45) is 1.58. The maximum absolute atomic E-state index is 11.5. The van der Waals surface area contributed by atoms with Crippen LogP contribution in [0.3, 0.4) is 0 Å². The number of hydrogen-bond donors (Lipinski definition) is 2. The van der Waals surface area contributed by atoms with Gasteiger partial charge in [-0.05, 0) is 13.0 Å². The highest BCUT2D eigenvalue weighted by atomic mass is 16.5. The Labute approximate surface area is 98.8 Å². The van der Waals surface area contributed by atoms with Crippen LogP contribution in [0, 0.1) is 0 Å². The Balaban J connectivity index is 2.81. The van der Waals surface area contributed by atoms with Crippen LogP contribution in [0.2, 0.25) is 0 Å². The molecule has 0 saturated heterocycles. The molecule has 0 aromatic carbocycles. The summed E-state index contributed by atoms with van der Waals surface area (Å²) < 4.78 is 6.36. The summed E-state index contributed by atoms with van der Waals surface area (Å²) in [5.41, 5.74) is 0.450. The smallest absolute Gasteiger partial charge is 0.325 e. The third-order valence-corrected chi connectivity index (χ3v) is 2.27. The summed E-state index contributed by atoms with van der Waals surface area (Å²) in [7, 11) is 1.56. The van der Waals surface area contributed by atoms with E-state index in [4.69, 9.17) is 9.84 Å². The molecule has 0 spiro atoms. The number of hydrogen-bond acceptors (Lipinski definition) is 4. The van der Waals surface area contributed by atoms with Crippen molar-refractivity contribution >= 4 is 11.7 Å². The van der Waals surface area contributed by atoms with E-state index in [0.29, 0.717) is 18.8 Å². The van der Waals surface area contributed by atoms with Gasteiger partial charge in [0, 0.05) is 25.9 Å². The number of methoxy groups -OCH3 is 1. The number of nitrogens with zero attached hydrogens (tertiary/aromatic N) is 1. The van der Waals surface area contributed by atoms with Crippen LogP contribution in [-0.2, 0) is 16.1 Å². The number of carbonyl (C=O) groups is 1. The zero-order valence-electron chi connectivity index (χ0n) is 9.84. The van der Waals surface area contributed by atoms with Crippen LogP contribution >= 0.6 is 0 Å². The Kier molecular flexibility index (Phi) is 4.71. The molecule has 94 valence electrons. The van der Waals surface area contributed by atoms with Crippen LogP contribution in [0.5, 0.6) is 0 Å². The van der Waals surface area contributed by atoms with Crippen molar-refractivity contribution in [2.24, 2.45) is 0 Å². The molecule has 6 nitrogen and oxygen atoms in total. The highest BCUT2D eigenvalue weighted by Crippen LogP contribution is 2.05. The molecule has 1 rings (SSSR count). The number of carboxylic acids is 1. The number of rotatable bonds is 6. The van der Waals surface area contributed by atoms with Crippen molar-refractivity contribution in [3.05, 3.63) is 28.7 Å². The molecule has 0 fully saturated rings. The van der Waals surface area contributed by atoms with Crippen molar-refractivity contribution in [3.8, 4) is 0 Å². The predicted octanol–water partition coefficient (Wildman–Crippen LogP) is 0.380.